The van der Waals surface area contributed by atoms with Crippen molar-refractivity contribution in [2.45, 2.75) is 44.9 Å². The van der Waals surface area contributed by atoms with E-state index in [4.69, 9.17) is 9.90 Å². The van der Waals surface area contributed by atoms with Crippen LogP contribution in [-0.4, -0.2) is 43.9 Å². The number of hydrogen-bond donors (Lipinski definition) is 3. The Kier molecular flexibility index (Phi) is 6.79. The van der Waals surface area contributed by atoms with E-state index < -0.39 is 12.1 Å². The molecular formula is C21H23F3N4O3. The van der Waals surface area contributed by atoms with Gasteiger partial charge in [-0.05, 0) is 49.9 Å². The summed E-state index contributed by atoms with van der Waals surface area (Å²) in [6.07, 6.45) is -1.55. The lowest BCUT2D eigenvalue weighted by Gasteiger charge is -2.34. The highest BCUT2D eigenvalue weighted by Gasteiger charge is 2.38. The first-order chi connectivity index (χ1) is 14.6. The fourth-order valence-corrected chi connectivity index (χ4v) is 3.70. The number of carbonyl (C=O) groups is 1. The maximum Gasteiger partial charge on any atom is 0.490 e. The molecule has 3 N–H and O–H groups in total. The Balaban J connectivity index is 0.000000339. The van der Waals surface area contributed by atoms with E-state index in [0.29, 0.717) is 6.04 Å². The van der Waals surface area contributed by atoms with Crippen LogP contribution in [0.25, 0.3) is 10.8 Å². The minimum atomic E-state index is -5.08. The van der Waals surface area contributed by atoms with Crippen LogP contribution in [0.1, 0.15) is 42.4 Å². The van der Waals surface area contributed by atoms with Gasteiger partial charge in [-0.15, -0.1) is 0 Å². The van der Waals surface area contributed by atoms with Crippen LogP contribution in [0.4, 0.5) is 13.2 Å². The van der Waals surface area contributed by atoms with Crippen LogP contribution in [0.3, 0.4) is 0 Å². The highest BCUT2D eigenvalue weighted by molar-refractivity contribution is 5.81. The monoisotopic (exact) mass is 436 g/mol. The zero-order valence-electron chi connectivity index (χ0n) is 16.9. The van der Waals surface area contributed by atoms with Crippen molar-refractivity contribution >= 4 is 16.7 Å². The topological polar surface area (TPSA) is 102 Å². The summed E-state index contributed by atoms with van der Waals surface area (Å²) in [6, 6.07) is 12.3. The van der Waals surface area contributed by atoms with E-state index in [1.54, 1.807) is 0 Å². The number of halogens is 3. The Morgan fingerprint density at radius 1 is 1.26 bits per heavy atom. The van der Waals surface area contributed by atoms with Crippen LogP contribution in [0.5, 0.6) is 0 Å². The zero-order valence-corrected chi connectivity index (χ0v) is 16.9. The highest BCUT2D eigenvalue weighted by Crippen LogP contribution is 2.31. The molecule has 1 aliphatic heterocycles. The van der Waals surface area contributed by atoms with Crippen LogP contribution in [0, 0.1) is 6.92 Å². The summed E-state index contributed by atoms with van der Waals surface area (Å²) in [6.45, 7) is 3.81. The van der Waals surface area contributed by atoms with Gasteiger partial charge in [0.05, 0.1) is 11.7 Å². The molecule has 1 fully saturated rings. The van der Waals surface area contributed by atoms with Gasteiger partial charge in [-0.25, -0.2) is 4.79 Å². The number of nitrogens with zero attached hydrogens (tertiary/aromatic N) is 2. The van der Waals surface area contributed by atoms with E-state index in [1.165, 1.54) is 12.8 Å². The van der Waals surface area contributed by atoms with Crippen molar-refractivity contribution in [3.8, 4) is 0 Å². The summed E-state index contributed by atoms with van der Waals surface area (Å²) in [5.41, 5.74) is 3.16. The lowest BCUT2D eigenvalue weighted by molar-refractivity contribution is -0.192. The molecule has 2 aromatic heterocycles. The second kappa shape index (κ2) is 9.34. The molecule has 0 bridgehead atoms. The Morgan fingerprint density at radius 2 is 1.97 bits per heavy atom. The minimum Gasteiger partial charge on any atom is -0.475 e. The van der Waals surface area contributed by atoms with E-state index in [1.807, 2.05) is 31.2 Å². The van der Waals surface area contributed by atoms with Crippen LogP contribution in [0.2, 0.25) is 0 Å². The van der Waals surface area contributed by atoms with Gasteiger partial charge < -0.3 is 10.1 Å². The van der Waals surface area contributed by atoms with Gasteiger partial charge in [0.25, 0.3) is 5.56 Å². The fourth-order valence-electron chi connectivity index (χ4n) is 3.70. The number of aromatic nitrogens is 3. The van der Waals surface area contributed by atoms with Gasteiger partial charge in [0.15, 0.2) is 0 Å². The largest absolute Gasteiger partial charge is 0.490 e. The van der Waals surface area contributed by atoms with E-state index in [9.17, 15) is 18.0 Å². The van der Waals surface area contributed by atoms with Crippen LogP contribution >= 0.6 is 0 Å². The van der Waals surface area contributed by atoms with Crippen LogP contribution < -0.4 is 5.56 Å². The number of hydrogen-bond acceptors (Lipinski definition) is 4. The quantitative estimate of drug-likeness (QED) is 0.578. The number of rotatable bonds is 3. The third kappa shape index (κ3) is 5.72. The molecule has 31 heavy (non-hydrogen) atoms. The van der Waals surface area contributed by atoms with Gasteiger partial charge >= 0.3 is 12.1 Å². The Labute approximate surface area is 175 Å². The molecule has 0 amide bonds. The predicted octanol–water partition coefficient (Wildman–Crippen LogP) is 3.92. The second-order valence-corrected chi connectivity index (χ2v) is 7.47. The molecule has 1 aliphatic rings. The molecule has 1 unspecified atom stereocenters. The van der Waals surface area contributed by atoms with Crippen molar-refractivity contribution in [3.63, 3.8) is 0 Å². The summed E-state index contributed by atoms with van der Waals surface area (Å²) in [5, 5.41) is 16.4. The molecular weight excluding hydrogens is 413 g/mol. The average Bonchev–Trinajstić information content (AvgIpc) is 3.14. The third-order valence-electron chi connectivity index (χ3n) is 5.11. The molecule has 4 rings (SSSR count). The Bertz CT molecular complexity index is 1110. The zero-order chi connectivity index (χ0) is 22.6. The summed E-state index contributed by atoms with van der Waals surface area (Å²) in [4.78, 5) is 26.7. The van der Waals surface area contributed by atoms with Crippen molar-refractivity contribution in [3.05, 3.63) is 63.8 Å². The Hall–Kier alpha value is -3.14. The number of pyridine rings is 1. The standard InChI is InChI=1S/C19H22N4O.C2HF3O2/c1-13-10-17(22-21-13)18-8-4-5-9-23(18)12-15-11-14-6-2-3-7-16(14)19(24)20-15;3-2(4,5)1(6)7/h2-3,6-7,10-11,18H,4-5,8-9,12H2,1H3,(H,20,24)(H,21,22);(H,6,7). The van der Waals surface area contributed by atoms with E-state index in [-0.39, 0.29) is 5.56 Å². The predicted molar refractivity (Wildman–Crippen MR) is 109 cm³/mol. The van der Waals surface area contributed by atoms with Gasteiger partial charge in [0.2, 0.25) is 0 Å². The number of carboxylic acids is 1. The summed E-state index contributed by atoms with van der Waals surface area (Å²) < 4.78 is 31.7. The number of aromatic amines is 2. The molecule has 0 radical (unpaired) electrons. The summed E-state index contributed by atoms with van der Waals surface area (Å²) in [7, 11) is 0. The first-order valence-corrected chi connectivity index (χ1v) is 9.82. The molecule has 7 nitrogen and oxygen atoms in total. The number of nitrogens with one attached hydrogen (secondary N) is 2. The normalized spacial score (nSPS) is 17.2. The first kappa shape index (κ1) is 22.5. The van der Waals surface area contributed by atoms with Gasteiger partial charge in [-0.3, -0.25) is 14.8 Å². The summed E-state index contributed by atoms with van der Waals surface area (Å²) >= 11 is 0. The number of alkyl halides is 3. The molecule has 1 aromatic carbocycles. The van der Waals surface area contributed by atoms with Gasteiger partial charge in [-0.2, -0.15) is 18.3 Å². The number of piperidine rings is 1. The first-order valence-electron chi connectivity index (χ1n) is 9.82. The molecule has 1 saturated heterocycles. The number of aryl methyl sites for hydroxylation is 1. The van der Waals surface area contributed by atoms with Crippen molar-refractivity contribution in [2.75, 3.05) is 6.54 Å². The van der Waals surface area contributed by atoms with E-state index in [0.717, 1.165) is 47.4 Å². The number of benzene rings is 1. The number of fused-ring (bicyclic) bond motifs is 1. The van der Waals surface area contributed by atoms with Crippen molar-refractivity contribution < 1.29 is 23.1 Å². The Morgan fingerprint density at radius 3 is 2.61 bits per heavy atom. The van der Waals surface area contributed by atoms with Gasteiger partial charge in [0.1, 0.15) is 0 Å². The van der Waals surface area contributed by atoms with Crippen molar-refractivity contribution in [1.29, 1.82) is 0 Å². The molecule has 166 valence electrons. The van der Waals surface area contributed by atoms with Gasteiger partial charge in [-0.1, -0.05) is 24.6 Å². The highest BCUT2D eigenvalue weighted by atomic mass is 19.4. The lowest BCUT2D eigenvalue weighted by atomic mass is 9.98. The maximum absolute atomic E-state index is 12.3. The SMILES string of the molecule is Cc1cc(C2CCCCN2Cc2cc3ccccc3c(=O)[nH]2)n[nH]1.O=C(O)C(F)(F)F. The molecule has 3 heterocycles. The lowest BCUT2D eigenvalue weighted by Crippen LogP contribution is -2.34. The molecule has 3 aromatic rings. The molecule has 10 heteroatoms. The van der Waals surface area contributed by atoms with Crippen LogP contribution in [-0.2, 0) is 11.3 Å². The minimum absolute atomic E-state index is 0.00715. The third-order valence-corrected chi connectivity index (χ3v) is 5.11. The summed E-state index contributed by atoms with van der Waals surface area (Å²) in [5.74, 6) is -2.76. The average molecular weight is 436 g/mol. The maximum atomic E-state index is 12.3. The molecule has 0 spiro atoms. The molecule has 1 atom stereocenters. The van der Waals surface area contributed by atoms with E-state index >= 15 is 0 Å². The molecule has 0 saturated carbocycles. The number of carboxylic acid groups (broad SMARTS) is 1. The fraction of sp³-hybridized carbons (Fsp3) is 0.381. The van der Waals surface area contributed by atoms with Crippen LogP contribution in [0.15, 0.2) is 41.2 Å². The van der Waals surface area contributed by atoms with Gasteiger partial charge in [0, 0.05) is 23.3 Å². The van der Waals surface area contributed by atoms with E-state index in [2.05, 4.69) is 32.2 Å². The number of H-pyrrole nitrogens is 2. The second-order valence-electron chi connectivity index (χ2n) is 7.47. The number of likely N-dealkylation sites (tertiary alicyclic amines) is 1. The molecule has 0 aliphatic carbocycles. The number of aliphatic carboxylic acids is 1. The van der Waals surface area contributed by atoms with Crippen molar-refractivity contribution in [1.82, 2.24) is 20.1 Å². The smallest absolute Gasteiger partial charge is 0.475 e. The van der Waals surface area contributed by atoms with Crippen molar-refractivity contribution in [2.24, 2.45) is 0 Å².